The van der Waals surface area contributed by atoms with E-state index in [4.69, 9.17) is 12.2 Å². The van der Waals surface area contributed by atoms with E-state index < -0.39 is 0 Å². The Hall–Kier alpha value is -2.80. The van der Waals surface area contributed by atoms with E-state index in [2.05, 4.69) is 10.3 Å². The molecule has 0 spiro atoms. The highest BCUT2D eigenvalue weighted by Gasteiger charge is 2.09. The summed E-state index contributed by atoms with van der Waals surface area (Å²) in [4.78, 5) is 27.6. The van der Waals surface area contributed by atoms with E-state index in [1.54, 1.807) is 37.3 Å². The fourth-order valence-electron chi connectivity index (χ4n) is 2.51. The Morgan fingerprint density at radius 1 is 1.28 bits per heavy atom. The van der Waals surface area contributed by atoms with Gasteiger partial charge in [-0.2, -0.15) is 0 Å². The lowest BCUT2D eigenvalue weighted by Crippen LogP contribution is -2.25. The minimum atomic E-state index is -0.383. The number of fused-ring (bicyclic) bond motifs is 1. The molecule has 0 aliphatic carbocycles. The summed E-state index contributed by atoms with van der Waals surface area (Å²) in [5.74, 6) is -0.705. The van der Waals surface area contributed by atoms with Crippen LogP contribution in [0, 0.1) is 17.5 Å². The van der Waals surface area contributed by atoms with Crippen molar-refractivity contribution in [2.75, 3.05) is 5.32 Å². The molecule has 0 aliphatic heterocycles. The van der Waals surface area contributed by atoms with E-state index in [9.17, 15) is 14.0 Å². The molecule has 0 fully saturated rings. The molecule has 7 heteroatoms. The largest absolute Gasteiger partial charge is 0.332 e. The molecular formula is C18H16FN3O2S. The maximum atomic E-state index is 13.5. The van der Waals surface area contributed by atoms with Crippen molar-refractivity contribution < 1.29 is 9.18 Å². The number of hydrogen-bond acceptors (Lipinski definition) is 3. The number of H-pyrrole nitrogens is 1. The maximum absolute atomic E-state index is 13.5. The Morgan fingerprint density at radius 3 is 2.80 bits per heavy atom. The molecule has 0 saturated carbocycles. The van der Waals surface area contributed by atoms with Crippen molar-refractivity contribution in [3.63, 3.8) is 0 Å². The predicted molar refractivity (Wildman–Crippen MR) is 97.8 cm³/mol. The van der Waals surface area contributed by atoms with Gasteiger partial charge < -0.3 is 10.3 Å². The lowest BCUT2D eigenvalue weighted by atomic mass is 10.2. The van der Waals surface area contributed by atoms with E-state index in [-0.39, 0.29) is 35.0 Å². The van der Waals surface area contributed by atoms with Gasteiger partial charge in [0.25, 0.3) is 5.56 Å². The number of para-hydroxylation sites is 1. The highest BCUT2D eigenvalue weighted by molar-refractivity contribution is 7.71. The van der Waals surface area contributed by atoms with Gasteiger partial charge in [-0.3, -0.25) is 14.2 Å². The van der Waals surface area contributed by atoms with E-state index in [1.165, 1.54) is 10.6 Å². The van der Waals surface area contributed by atoms with Crippen LogP contribution in [0.3, 0.4) is 0 Å². The molecular weight excluding hydrogens is 341 g/mol. The number of aromatic nitrogens is 2. The second-order valence-electron chi connectivity index (χ2n) is 5.69. The SMILES string of the molecule is Cc1ccc(NC(=O)CCn2c(=S)[nH]c3ccccc3c2=O)cc1F. The molecule has 5 nitrogen and oxygen atoms in total. The summed E-state index contributed by atoms with van der Waals surface area (Å²) in [6.45, 7) is 1.79. The van der Waals surface area contributed by atoms with Gasteiger partial charge in [0, 0.05) is 18.7 Å². The molecule has 1 amide bonds. The molecule has 3 aromatic rings. The summed E-state index contributed by atoms with van der Waals surface area (Å²) in [5, 5.41) is 3.13. The number of halogens is 1. The van der Waals surface area contributed by atoms with Crippen molar-refractivity contribution in [3.8, 4) is 0 Å². The lowest BCUT2D eigenvalue weighted by molar-refractivity contribution is -0.116. The van der Waals surface area contributed by atoms with Crippen LogP contribution < -0.4 is 10.9 Å². The Bertz CT molecular complexity index is 1070. The number of benzene rings is 2. The number of hydrogen-bond donors (Lipinski definition) is 2. The van der Waals surface area contributed by atoms with Crippen LogP contribution in [-0.4, -0.2) is 15.5 Å². The average Bonchev–Trinajstić information content (AvgIpc) is 2.58. The van der Waals surface area contributed by atoms with Crippen LogP contribution in [0.2, 0.25) is 0 Å². The van der Waals surface area contributed by atoms with Crippen LogP contribution in [0.1, 0.15) is 12.0 Å². The van der Waals surface area contributed by atoms with E-state index in [0.717, 1.165) is 0 Å². The third-order valence-corrected chi connectivity index (χ3v) is 4.23. The molecule has 3 rings (SSSR count). The second kappa shape index (κ2) is 6.98. The number of amides is 1. The fourth-order valence-corrected chi connectivity index (χ4v) is 2.79. The Labute approximate surface area is 148 Å². The summed E-state index contributed by atoms with van der Waals surface area (Å²) in [5.41, 5.74) is 1.30. The Morgan fingerprint density at radius 2 is 2.04 bits per heavy atom. The van der Waals surface area contributed by atoms with Gasteiger partial charge in [-0.25, -0.2) is 4.39 Å². The Kier molecular flexibility index (Phi) is 4.76. The van der Waals surface area contributed by atoms with Crippen molar-refractivity contribution in [2.24, 2.45) is 0 Å². The third kappa shape index (κ3) is 3.66. The molecule has 1 heterocycles. The van der Waals surface area contributed by atoms with Crippen molar-refractivity contribution >= 4 is 34.7 Å². The van der Waals surface area contributed by atoms with Gasteiger partial charge in [-0.1, -0.05) is 18.2 Å². The van der Waals surface area contributed by atoms with E-state index in [1.807, 2.05) is 6.07 Å². The van der Waals surface area contributed by atoms with Crippen molar-refractivity contribution in [2.45, 2.75) is 19.9 Å². The normalized spacial score (nSPS) is 10.8. The number of nitrogens with zero attached hydrogens (tertiary/aromatic N) is 1. The molecule has 0 bridgehead atoms. The van der Waals surface area contributed by atoms with E-state index in [0.29, 0.717) is 22.2 Å². The molecule has 0 aliphatic rings. The molecule has 0 radical (unpaired) electrons. The van der Waals surface area contributed by atoms with Gasteiger partial charge >= 0.3 is 0 Å². The monoisotopic (exact) mass is 357 g/mol. The first kappa shape index (κ1) is 17.0. The number of aryl methyl sites for hydroxylation is 1. The first-order valence-electron chi connectivity index (χ1n) is 7.73. The van der Waals surface area contributed by atoms with Gasteiger partial charge in [0.15, 0.2) is 4.77 Å². The maximum Gasteiger partial charge on any atom is 0.262 e. The van der Waals surface area contributed by atoms with Crippen molar-refractivity contribution in [1.29, 1.82) is 0 Å². The summed E-state index contributed by atoms with van der Waals surface area (Å²) in [6.07, 6.45) is 0.0468. The van der Waals surface area contributed by atoms with Crippen LogP contribution in [0.5, 0.6) is 0 Å². The second-order valence-corrected chi connectivity index (χ2v) is 6.08. The number of aromatic amines is 1. The van der Waals surface area contributed by atoms with Crippen molar-refractivity contribution in [1.82, 2.24) is 9.55 Å². The third-order valence-electron chi connectivity index (χ3n) is 3.91. The molecule has 0 saturated heterocycles. The number of carbonyl (C=O) groups excluding carboxylic acids is 1. The van der Waals surface area contributed by atoms with Crippen LogP contribution in [0.15, 0.2) is 47.3 Å². The van der Waals surface area contributed by atoms with Crippen LogP contribution >= 0.6 is 12.2 Å². The van der Waals surface area contributed by atoms with Gasteiger partial charge in [-0.05, 0) is 49.0 Å². The Balaban J connectivity index is 1.76. The zero-order chi connectivity index (χ0) is 18.0. The van der Waals surface area contributed by atoms with Crippen molar-refractivity contribution in [3.05, 3.63) is 69.0 Å². The minimum absolute atomic E-state index is 0.0468. The fraction of sp³-hybridized carbons (Fsp3) is 0.167. The van der Waals surface area contributed by atoms with Gasteiger partial charge in [0.05, 0.1) is 10.9 Å². The number of carbonyl (C=O) groups is 1. The smallest absolute Gasteiger partial charge is 0.262 e. The van der Waals surface area contributed by atoms with Crippen LogP contribution in [-0.2, 0) is 11.3 Å². The predicted octanol–water partition coefficient (Wildman–Crippen LogP) is 3.54. The summed E-state index contributed by atoms with van der Waals surface area (Å²) < 4.78 is 15.1. The highest BCUT2D eigenvalue weighted by atomic mass is 32.1. The summed E-state index contributed by atoms with van der Waals surface area (Å²) in [6, 6.07) is 11.5. The first-order chi connectivity index (χ1) is 12.0. The standard InChI is InChI=1S/C18H16FN3O2S/c1-11-6-7-12(10-14(11)19)20-16(23)8-9-22-17(24)13-4-2-3-5-15(13)21-18(22)25/h2-7,10H,8-9H2,1H3,(H,20,23)(H,21,25). The minimum Gasteiger partial charge on any atom is -0.332 e. The van der Waals surface area contributed by atoms with Crippen LogP contribution in [0.4, 0.5) is 10.1 Å². The lowest BCUT2D eigenvalue weighted by Gasteiger charge is -2.09. The van der Waals surface area contributed by atoms with Gasteiger partial charge in [0.1, 0.15) is 5.82 Å². The number of rotatable bonds is 4. The first-order valence-corrected chi connectivity index (χ1v) is 8.14. The summed E-state index contributed by atoms with van der Waals surface area (Å²) >= 11 is 5.21. The molecule has 0 atom stereocenters. The molecule has 2 N–H and O–H groups in total. The zero-order valence-electron chi connectivity index (χ0n) is 13.5. The molecule has 0 unspecified atom stereocenters. The van der Waals surface area contributed by atoms with Crippen LogP contribution in [0.25, 0.3) is 10.9 Å². The average molecular weight is 357 g/mol. The number of anilines is 1. The molecule has 2 aromatic carbocycles. The van der Waals surface area contributed by atoms with Gasteiger partial charge in [0.2, 0.25) is 5.91 Å². The quantitative estimate of drug-likeness (QED) is 0.702. The zero-order valence-corrected chi connectivity index (χ0v) is 14.3. The molecule has 25 heavy (non-hydrogen) atoms. The summed E-state index contributed by atoms with van der Waals surface area (Å²) in [7, 11) is 0. The van der Waals surface area contributed by atoms with Gasteiger partial charge in [-0.15, -0.1) is 0 Å². The molecule has 128 valence electrons. The number of nitrogens with one attached hydrogen (secondary N) is 2. The highest BCUT2D eigenvalue weighted by Crippen LogP contribution is 2.14. The van der Waals surface area contributed by atoms with E-state index >= 15 is 0 Å². The molecule has 1 aromatic heterocycles. The topological polar surface area (TPSA) is 66.9 Å².